The predicted molar refractivity (Wildman–Crippen MR) is 125 cm³/mol. The highest BCUT2D eigenvalue weighted by molar-refractivity contribution is 9.10. The highest BCUT2D eigenvalue weighted by Crippen LogP contribution is 2.37. The van der Waals surface area contributed by atoms with E-state index in [9.17, 15) is 9.59 Å². The Kier molecular flexibility index (Phi) is 5.97. The molecule has 1 saturated heterocycles. The largest absolute Gasteiger partial charge is 0.490 e. The molecule has 6 heteroatoms. The zero-order chi connectivity index (χ0) is 21.3. The Morgan fingerprint density at radius 2 is 1.87 bits per heavy atom. The Morgan fingerprint density at radius 3 is 2.63 bits per heavy atom. The molecule has 0 aromatic heterocycles. The number of nitrogens with zero attached hydrogens (tertiary/aromatic N) is 1. The van der Waals surface area contributed by atoms with Crippen LogP contribution in [0.4, 0.5) is 4.79 Å². The van der Waals surface area contributed by atoms with E-state index in [0.717, 1.165) is 38.1 Å². The van der Waals surface area contributed by atoms with Gasteiger partial charge in [-0.3, -0.25) is 14.5 Å². The number of rotatable bonds is 5. The van der Waals surface area contributed by atoms with Crippen molar-refractivity contribution < 1.29 is 14.3 Å². The van der Waals surface area contributed by atoms with E-state index in [2.05, 4.69) is 15.9 Å². The van der Waals surface area contributed by atoms with Crippen LogP contribution in [0.1, 0.15) is 25.0 Å². The lowest BCUT2D eigenvalue weighted by Gasteiger charge is -2.15. The van der Waals surface area contributed by atoms with Gasteiger partial charge >= 0.3 is 0 Å². The Labute approximate surface area is 188 Å². The molecule has 0 bridgehead atoms. The first-order valence-corrected chi connectivity index (χ1v) is 11.2. The molecule has 30 heavy (non-hydrogen) atoms. The summed E-state index contributed by atoms with van der Waals surface area (Å²) in [6.45, 7) is 4.17. The number of benzene rings is 3. The van der Waals surface area contributed by atoms with E-state index >= 15 is 0 Å². The molecule has 0 radical (unpaired) electrons. The monoisotopic (exact) mass is 481 g/mol. The lowest BCUT2D eigenvalue weighted by atomic mass is 10.0. The number of amides is 2. The maximum atomic E-state index is 13.0. The summed E-state index contributed by atoms with van der Waals surface area (Å²) in [5, 5.41) is 1.76. The smallest absolute Gasteiger partial charge is 0.293 e. The molecule has 152 valence electrons. The quantitative estimate of drug-likeness (QED) is 0.383. The van der Waals surface area contributed by atoms with Crippen LogP contribution in [0.5, 0.6) is 5.75 Å². The average Bonchev–Trinajstić information content (AvgIpc) is 2.97. The highest BCUT2D eigenvalue weighted by Gasteiger charge is 2.35. The van der Waals surface area contributed by atoms with Crippen LogP contribution in [0, 0.1) is 0 Å². The van der Waals surface area contributed by atoms with Crippen LogP contribution in [0.15, 0.2) is 70.0 Å². The van der Waals surface area contributed by atoms with Crippen molar-refractivity contribution >= 4 is 55.7 Å². The van der Waals surface area contributed by atoms with E-state index < -0.39 is 0 Å². The van der Waals surface area contributed by atoms with Crippen molar-refractivity contribution in [3.8, 4) is 5.75 Å². The highest BCUT2D eigenvalue weighted by atomic mass is 79.9. The lowest BCUT2D eigenvalue weighted by Crippen LogP contribution is -2.27. The molecule has 0 aliphatic carbocycles. The molecule has 0 N–H and O–H groups in total. The fourth-order valence-electron chi connectivity index (χ4n) is 3.37. The van der Waals surface area contributed by atoms with Crippen LogP contribution in [-0.2, 0) is 11.3 Å². The van der Waals surface area contributed by atoms with Crippen molar-refractivity contribution in [2.75, 3.05) is 0 Å². The maximum Gasteiger partial charge on any atom is 0.293 e. The topological polar surface area (TPSA) is 46.6 Å². The summed E-state index contributed by atoms with van der Waals surface area (Å²) in [5.74, 6) is 0.413. The molecule has 0 unspecified atom stereocenters. The molecule has 0 spiro atoms. The average molecular weight is 482 g/mol. The summed E-state index contributed by atoms with van der Waals surface area (Å²) in [7, 11) is 0. The summed E-state index contributed by atoms with van der Waals surface area (Å²) < 4.78 is 6.90. The van der Waals surface area contributed by atoms with Gasteiger partial charge in [0.1, 0.15) is 5.75 Å². The van der Waals surface area contributed by atoms with Gasteiger partial charge in [-0.05, 0) is 66.2 Å². The molecule has 4 nitrogen and oxygen atoms in total. The molecule has 3 aromatic carbocycles. The molecule has 3 aromatic rings. The number of carbonyl (C=O) groups excluding carboxylic acids is 2. The van der Waals surface area contributed by atoms with E-state index in [1.807, 2.05) is 74.5 Å². The van der Waals surface area contributed by atoms with Gasteiger partial charge in [-0.2, -0.15) is 0 Å². The molecular weight excluding hydrogens is 462 g/mol. The number of ether oxygens (including phenoxy) is 1. The van der Waals surface area contributed by atoms with E-state index in [4.69, 9.17) is 4.74 Å². The maximum absolute atomic E-state index is 13.0. The third kappa shape index (κ3) is 4.30. The van der Waals surface area contributed by atoms with Crippen LogP contribution in [-0.4, -0.2) is 22.2 Å². The first-order chi connectivity index (χ1) is 14.4. The van der Waals surface area contributed by atoms with Gasteiger partial charge in [0.15, 0.2) is 0 Å². The van der Waals surface area contributed by atoms with Crippen molar-refractivity contribution in [2.24, 2.45) is 0 Å². The van der Waals surface area contributed by atoms with Crippen LogP contribution < -0.4 is 4.74 Å². The Balaban J connectivity index is 1.72. The summed E-state index contributed by atoms with van der Waals surface area (Å²) in [6.07, 6.45) is 1.77. The van der Waals surface area contributed by atoms with Crippen LogP contribution in [0.3, 0.4) is 0 Å². The second-order valence-electron chi connectivity index (χ2n) is 7.26. The van der Waals surface area contributed by atoms with E-state index in [1.165, 1.54) is 4.90 Å². The SMILES string of the molecule is CC(C)Oc1ccc2ccccc2c1/C=C1\SC(=O)N(Cc2cccc(Br)c2)C1=O. The minimum Gasteiger partial charge on any atom is -0.490 e. The first-order valence-electron chi connectivity index (χ1n) is 9.60. The van der Waals surface area contributed by atoms with Gasteiger partial charge in [0, 0.05) is 10.0 Å². The fourth-order valence-corrected chi connectivity index (χ4v) is 4.63. The summed E-state index contributed by atoms with van der Waals surface area (Å²) in [4.78, 5) is 27.3. The zero-order valence-corrected chi connectivity index (χ0v) is 19.0. The van der Waals surface area contributed by atoms with E-state index in [0.29, 0.717) is 10.7 Å². The number of hydrogen-bond donors (Lipinski definition) is 0. The predicted octanol–water partition coefficient (Wildman–Crippen LogP) is 6.63. The number of halogens is 1. The van der Waals surface area contributed by atoms with Crippen LogP contribution in [0.2, 0.25) is 0 Å². The third-order valence-corrected chi connectivity index (χ3v) is 6.07. The Hall–Kier alpha value is -2.57. The summed E-state index contributed by atoms with van der Waals surface area (Å²) >= 11 is 4.40. The minimum absolute atomic E-state index is 0.00935. The molecule has 2 amide bonds. The molecule has 1 aliphatic rings. The summed E-state index contributed by atoms with van der Waals surface area (Å²) in [6, 6.07) is 19.5. The third-order valence-electron chi connectivity index (χ3n) is 4.67. The van der Waals surface area contributed by atoms with Crippen molar-refractivity contribution in [1.82, 2.24) is 4.90 Å². The molecule has 1 aliphatic heterocycles. The second kappa shape index (κ2) is 8.66. The van der Waals surface area contributed by atoms with Crippen LogP contribution in [0.25, 0.3) is 16.8 Å². The Morgan fingerprint density at radius 1 is 1.07 bits per heavy atom. The standard InChI is InChI=1S/C24H20BrNO3S/c1-15(2)29-21-11-10-17-7-3-4-9-19(17)20(21)13-22-23(27)26(24(28)30-22)14-16-6-5-8-18(25)12-16/h3-13,15H,14H2,1-2H3/b22-13-. The van der Waals surface area contributed by atoms with Gasteiger partial charge in [-0.15, -0.1) is 0 Å². The van der Waals surface area contributed by atoms with Gasteiger partial charge in [-0.25, -0.2) is 0 Å². The first kappa shape index (κ1) is 20.7. The van der Waals surface area contributed by atoms with E-state index in [-0.39, 0.29) is 23.8 Å². The normalized spacial score (nSPS) is 15.6. The van der Waals surface area contributed by atoms with Crippen molar-refractivity contribution in [1.29, 1.82) is 0 Å². The van der Waals surface area contributed by atoms with Gasteiger partial charge in [-0.1, -0.05) is 58.4 Å². The van der Waals surface area contributed by atoms with Crippen LogP contribution >= 0.6 is 27.7 Å². The van der Waals surface area contributed by atoms with Crippen molar-refractivity contribution in [3.05, 3.63) is 81.2 Å². The Bertz CT molecular complexity index is 1170. The zero-order valence-electron chi connectivity index (χ0n) is 16.6. The molecule has 0 atom stereocenters. The number of carbonyl (C=O) groups is 2. The summed E-state index contributed by atoms with van der Waals surface area (Å²) in [5.41, 5.74) is 1.71. The minimum atomic E-state index is -0.284. The number of imide groups is 1. The van der Waals surface area contributed by atoms with Crippen molar-refractivity contribution in [2.45, 2.75) is 26.5 Å². The molecular formula is C24H20BrNO3S. The molecule has 4 rings (SSSR count). The number of thioether (sulfide) groups is 1. The number of fused-ring (bicyclic) bond motifs is 1. The van der Waals surface area contributed by atoms with Gasteiger partial charge in [0.05, 0.1) is 17.6 Å². The number of hydrogen-bond acceptors (Lipinski definition) is 4. The molecule has 0 saturated carbocycles. The van der Waals surface area contributed by atoms with E-state index in [1.54, 1.807) is 6.08 Å². The van der Waals surface area contributed by atoms with Gasteiger partial charge in [0.2, 0.25) is 0 Å². The second-order valence-corrected chi connectivity index (χ2v) is 9.17. The van der Waals surface area contributed by atoms with Gasteiger partial charge < -0.3 is 4.74 Å². The fraction of sp³-hybridized carbons (Fsp3) is 0.167. The lowest BCUT2D eigenvalue weighted by molar-refractivity contribution is -0.123. The van der Waals surface area contributed by atoms with Gasteiger partial charge in [0.25, 0.3) is 11.1 Å². The molecule has 1 heterocycles. The molecule has 1 fully saturated rings. The van der Waals surface area contributed by atoms with Crippen molar-refractivity contribution in [3.63, 3.8) is 0 Å².